The summed E-state index contributed by atoms with van der Waals surface area (Å²) in [5, 5.41) is 23.9. The third-order valence-corrected chi connectivity index (χ3v) is 13.9. The van der Waals surface area contributed by atoms with Crippen molar-refractivity contribution < 1.29 is 24.5 Å². The van der Waals surface area contributed by atoms with Crippen LogP contribution in [0.3, 0.4) is 0 Å². The molecule has 64 heavy (non-hydrogen) atoms. The molecule has 3 N–H and O–H groups in total. The third kappa shape index (κ3) is 47.4. The van der Waals surface area contributed by atoms with Crippen LogP contribution < -0.4 is 5.32 Å². The van der Waals surface area contributed by atoms with Crippen molar-refractivity contribution in [1.82, 2.24) is 5.32 Å². The fourth-order valence-corrected chi connectivity index (χ4v) is 9.49. The number of hydrogen-bond donors (Lipinski definition) is 3. The maximum Gasteiger partial charge on any atom is 0.306 e. The summed E-state index contributed by atoms with van der Waals surface area (Å²) in [5.74, 6) is -0.445. The van der Waals surface area contributed by atoms with Crippen molar-refractivity contribution in [3.05, 3.63) is 0 Å². The second-order valence-electron chi connectivity index (χ2n) is 20.4. The summed E-state index contributed by atoms with van der Waals surface area (Å²) in [6, 6.07) is -0.693. The van der Waals surface area contributed by atoms with E-state index in [0.717, 1.165) is 38.5 Å². The molecule has 3 unspecified atom stereocenters. The highest BCUT2D eigenvalue weighted by Gasteiger charge is 2.24. The van der Waals surface area contributed by atoms with Gasteiger partial charge in [0.15, 0.2) is 0 Å². The van der Waals surface area contributed by atoms with Gasteiger partial charge < -0.3 is 20.3 Å². The summed E-state index contributed by atoms with van der Waals surface area (Å²) in [4.78, 5) is 26.2. The lowest BCUT2D eigenvalue weighted by Crippen LogP contribution is -2.46. The molecule has 0 radical (unpaired) electrons. The summed E-state index contributed by atoms with van der Waals surface area (Å²) >= 11 is 0. The van der Waals surface area contributed by atoms with Crippen LogP contribution in [-0.4, -0.2) is 46.9 Å². The average Bonchev–Trinajstić information content (AvgIpc) is 3.29. The molecule has 0 saturated heterocycles. The molecule has 0 aliphatic heterocycles. The molecule has 0 aromatic heterocycles. The Balaban J connectivity index is 4.44. The SMILES string of the molecule is CCCCCCCCCCCCCCCCCCCC(O)C(CO)NC(=O)CC(CCCCCCCCCCCCCCC)OC(=O)CCCCCCCCCCCCCCCCC. The Morgan fingerprint density at radius 2 is 0.656 bits per heavy atom. The lowest BCUT2D eigenvalue weighted by molar-refractivity contribution is -0.151. The fourth-order valence-electron chi connectivity index (χ4n) is 9.49. The van der Waals surface area contributed by atoms with Crippen LogP contribution >= 0.6 is 0 Å². The summed E-state index contributed by atoms with van der Waals surface area (Å²) in [5.41, 5.74) is 0. The molecule has 6 nitrogen and oxygen atoms in total. The first-order valence-corrected chi connectivity index (χ1v) is 29.3. The van der Waals surface area contributed by atoms with Crippen LogP contribution in [0.15, 0.2) is 0 Å². The Morgan fingerprint density at radius 3 is 0.953 bits per heavy atom. The number of unbranched alkanes of at least 4 members (excludes halogenated alkanes) is 42. The lowest BCUT2D eigenvalue weighted by Gasteiger charge is -2.24. The van der Waals surface area contributed by atoms with Gasteiger partial charge in [0.2, 0.25) is 5.91 Å². The van der Waals surface area contributed by atoms with Crippen molar-refractivity contribution >= 4 is 11.9 Å². The number of carbonyl (C=O) groups excluding carboxylic acids is 2. The van der Waals surface area contributed by atoms with Crippen molar-refractivity contribution in [1.29, 1.82) is 0 Å². The van der Waals surface area contributed by atoms with Crippen LogP contribution in [0.4, 0.5) is 0 Å². The van der Waals surface area contributed by atoms with Crippen molar-refractivity contribution in [2.24, 2.45) is 0 Å². The fraction of sp³-hybridized carbons (Fsp3) is 0.966. The van der Waals surface area contributed by atoms with Crippen molar-refractivity contribution in [3.8, 4) is 0 Å². The van der Waals surface area contributed by atoms with Gasteiger partial charge in [0.05, 0.1) is 25.2 Å². The number of hydrogen-bond acceptors (Lipinski definition) is 5. The Labute approximate surface area is 400 Å². The molecule has 382 valence electrons. The van der Waals surface area contributed by atoms with E-state index in [4.69, 9.17) is 4.74 Å². The average molecular weight is 907 g/mol. The summed E-state index contributed by atoms with van der Waals surface area (Å²) in [6.45, 7) is 6.54. The zero-order valence-electron chi connectivity index (χ0n) is 43.7. The molecule has 0 fully saturated rings. The standard InChI is InChI=1S/C58H115NO5/c1-4-7-10-13-16-19-22-25-27-28-30-32-35-38-41-44-47-50-56(61)55(53-60)59-57(62)52-54(49-46-43-40-37-34-31-24-21-18-15-12-9-6-3)64-58(63)51-48-45-42-39-36-33-29-26-23-20-17-14-11-8-5-2/h54-56,60-61H,4-53H2,1-3H3,(H,59,62). The van der Waals surface area contributed by atoms with Gasteiger partial charge in [0.25, 0.3) is 0 Å². The Morgan fingerprint density at radius 1 is 0.391 bits per heavy atom. The van der Waals surface area contributed by atoms with Crippen molar-refractivity contribution in [3.63, 3.8) is 0 Å². The van der Waals surface area contributed by atoms with E-state index in [2.05, 4.69) is 26.1 Å². The van der Waals surface area contributed by atoms with Gasteiger partial charge in [0, 0.05) is 6.42 Å². The second kappa shape index (κ2) is 52.8. The predicted molar refractivity (Wildman–Crippen MR) is 278 cm³/mol. The minimum Gasteiger partial charge on any atom is -0.462 e. The van der Waals surface area contributed by atoms with Gasteiger partial charge in [-0.2, -0.15) is 0 Å². The van der Waals surface area contributed by atoms with Crippen LogP contribution in [0.2, 0.25) is 0 Å². The van der Waals surface area contributed by atoms with Crippen LogP contribution in [0.25, 0.3) is 0 Å². The summed E-state index contributed by atoms with van der Waals surface area (Å²) in [6.07, 6.45) is 58.8. The Kier molecular flexibility index (Phi) is 51.9. The zero-order valence-corrected chi connectivity index (χ0v) is 43.7. The van der Waals surface area contributed by atoms with E-state index >= 15 is 0 Å². The van der Waals surface area contributed by atoms with Crippen LogP contribution in [0, 0.1) is 0 Å². The first kappa shape index (κ1) is 62.9. The first-order valence-electron chi connectivity index (χ1n) is 29.3. The molecular weight excluding hydrogens is 791 g/mol. The van der Waals surface area contributed by atoms with E-state index in [1.807, 2.05) is 0 Å². The highest BCUT2D eigenvalue weighted by Crippen LogP contribution is 2.19. The molecule has 0 heterocycles. The maximum atomic E-state index is 13.3. The molecule has 0 aromatic rings. The summed E-state index contributed by atoms with van der Waals surface area (Å²) < 4.78 is 5.96. The normalized spacial score (nSPS) is 13.0. The highest BCUT2D eigenvalue weighted by atomic mass is 16.5. The number of carbonyl (C=O) groups is 2. The van der Waals surface area contributed by atoms with E-state index in [-0.39, 0.29) is 24.9 Å². The van der Waals surface area contributed by atoms with E-state index in [0.29, 0.717) is 19.3 Å². The Bertz CT molecular complexity index is 928. The third-order valence-electron chi connectivity index (χ3n) is 13.9. The predicted octanol–water partition coefficient (Wildman–Crippen LogP) is 17.9. The molecule has 3 atom stereocenters. The first-order chi connectivity index (χ1) is 31.5. The number of aliphatic hydroxyl groups excluding tert-OH is 2. The number of esters is 1. The quantitative estimate of drug-likeness (QED) is 0.0417. The van der Waals surface area contributed by atoms with Gasteiger partial charge in [-0.15, -0.1) is 0 Å². The van der Waals surface area contributed by atoms with Crippen LogP contribution in [-0.2, 0) is 14.3 Å². The molecule has 0 spiro atoms. The maximum absolute atomic E-state index is 13.3. The summed E-state index contributed by atoms with van der Waals surface area (Å²) in [7, 11) is 0. The molecular formula is C58H115NO5. The molecule has 0 bridgehead atoms. The molecule has 0 aliphatic carbocycles. The van der Waals surface area contributed by atoms with Crippen LogP contribution in [0.1, 0.15) is 335 Å². The van der Waals surface area contributed by atoms with Gasteiger partial charge in [-0.25, -0.2) is 0 Å². The highest BCUT2D eigenvalue weighted by molar-refractivity contribution is 5.77. The van der Waals surface area contributed by atoms with E-state index in [1.54, 1.807) is 0 Å². The number of nitrogens with one attached hydrogen (secondary N) is 1. The zero-order chi connectivity index (χ0) is 46.7. The molecule has 0 rings (SSSR count). The molecule has 0 saturated carbocycles. The van der Waals surface area contributed by atoms with E-state index in [9.17, 15) is 19.8 Å². The largest absolute Gasteiger partial charge is 0.462 e. The van der Waals surface area contributed by atoms with Gasteiger partial charge >= 0.3 is 5.97 Å². The number of aliphatic hydroxyl groups is 2. The topological polar surface area (TPSA) is 95.9 Å². The minimum atomic E-state index is -0.780. The van der Waals surface area contributed by atoms with Gasteiger partial charge in [-0.3, -0.25) is 9.59 Å². The number of ether oxygens (including phenoxy) is 1. The molecule has 0 aromatic carbocycles. The van der Waals surface area contributed by atoms with Gasteiger partial charge in [-0.1, -0.05) is 297 Å². The minimum absolute atomic E-state index is 0.0885. The lowest BCUT2D eigenvalue weighted by atomic mass is 10.0. The monoisotopic (exact) mass is 906 g/mol. The Hall–Kier alpha value is -1.14. The number of amides is 1. The van der Waals surface area contributed by atoms with Crippen LogP contribution in [0.5, 0.6) is 0 Å². The number of rotatable bonds is 54. The smallest absolute Gasteiger partial charge is 0.306 e. The molecule has 0 aliphatic rings. The van der Waals surface area contributed by atoms with E-state index < -0.39 is 18.2 Å². The molecule has 6 heteroatoms. The second-order valence-corrected chi connectivity index (χ2v) is 20.4. The van der Waals surface area contributed by atoms with Gasteiger partial charge in [0.1, 0.15) is 6.10 Å². The van der Waals surface area contributed by atoms with Crippen molar-refractivity contribution in [2.45, 2.75) is 354 Å². The van der Waals surface area contributed by atoms with E-state index in [1.165, 1.54) is 250 Å². The van der Waals surface area contributed by atoms with Crippen molar-refractivity contribution in [2.75, 3.05) is 6.61 Å². The molecule has 1 amide bonds. The van der Waals surface area contributed by atoms with Gasteiger partial charge in [-0.05, 0) is 25.7 Å².